The van der Waals surface area contributed by atoms with E-state index >= 15 is 0 Å². The Hall–Kier alpha value is -2.53. The minimum Gasteiger partial charge on any atom is -0.493 e. The number of halogens is 1. The van der Waals surface area contributed by atoms with E-state index in [1.165, 1.54) is 0 Å². The number of fused-ring (bicyclic) bond motifs is 1. The van der Waals surface area contributed by atoms with Crippen molar-refractivity contribution in [2.45, 2.75) is 12.8 Å². The third kappa shape index (κ3) is 3.08. The Morgan fingerprint density at radius 2 is 2.00 bits per heavy atom. The second kappa shape index (κ2) is 6.93. The van der Waals surface area contributed by atoms with Gasteiger partial charge in [0.1, 0.15) is 5.69 Å². The van der Waals surface area contributed by atoms with Crippen molar-refractivity contribution in [1.82, 2.24) is 9.78 Å². The number of allylic oxidation sites excluding steroid dienone is 3. The molecule has 0 saturated heterocycles. The molecular weight excluding hydrogens is 328 g/mol. The quantitative estimate of drug-likeness (QED) is 0.794. The third-order valence-electron chi connectivity index (χ3n) is 3.85. The Bertz CT molecular complexity index is 837. The Morgan fingerprint density at radius 3 is 2.71 bits per heavy atom. The van der Waals surface area contributed by atoms with Gasteiger partial charge in [0, 0.05) is 11.3 Å². The predicted molar refractivity (Wildman–Crippen MR) is 92.8 cm³/mol. The number of hydrogen-bond acceptors (Lipinski definition) is 4. The van der Waals surface area contributed by atoms with Crippen LogP contribution in [-0.2, 0) is 6.42 Å². The summed E-state index contributed by atoms with van der Waals surface area (Å²) in [4.78, 5) is 11.5. The molecule has 2 aromatic rings. The SMILES string of the molecule is COc1ccc(/C2=C/C=C\CCc3cc(C(=O)Cl)nn32)cc1OC. The minimum atomic E-state index is -0.561. The molecule has 5 nitrogen and oxygen atoms in total. The fraction of sp³-hybridized carbons (Fsp3) is 0.222. The number of carbonyl (C=O) groups excluding carboxylic acids is 1. The summed E-state index contributed by atoms with van der Waals surface area (Å²) in [6, 6.07) is 7.39. The van der Waals surface area contributed by atoms with Gasteiger partial charge in [-0.2, -0.15) is 5.10 Å². The fourth-order valence-electron chi connectivity index (χ4n) is 2.67. The average Bonchev–Trinajstić information content (AvgIpc) is 2.98. The second-order valence-corrected chi connectivity index (χ2v) is 5.64. The van der Waals surface area contributed by atoms with Crippen LogP contribution in [0.4, 0.5) is 0 Å². The van der Waals surface area contributed by atoms with Gasteiger partial charge in [0.2, 0.25) is 0 Å². The van der Waals surface area contributed by atoms with Crippen LogP contribution < -0.4 is 9.47 Å². The van der Waals surface area contributed by atoms with Gasteiger partial charge in [-0.3, -0.25) is 4.79 Å². The first kappa shape index (κ1) is 16.3. The van der Waals surface area contributed by atoms with Crippen molar-refractivity contribution in [3.8, 4) is 11.5 Å². The number of rotatable bonds is 4. The van der Waals surface area contributed by atoms with Crippen LogP contribution in [0.2, 0.25) is 0 Å². The Labute approximate surface area is 145 Å². The maximum atomic E-state index is 11.5. The number of benzene rings is 1. The summed E-state index contributed by atoms with van der Waals surface area (Å²) in [5.41, 5.74) is 2.92. The molecule has 1 aliphatic rings. The molecule has 0 radical (unpaired) electrons. The number of carbonyl (C=O) groups is 1. The zero-order valence-corrected chi connectivity index (χ0v) is 14.2. The first-order valence-electron chi connectivity index (χ1n) is 7.52. The molecule has 2 heterocycles. The van der Waals surface area contributed by atoms with Crippen molar-refractivity contribution in [3.05, 3.63) is 59.4 Å². The van der Waals surface area contributed by atoms with E-state index in [4.69, 9.17) is 21.1 Å². The maximum Gasteiger partial charge on any atom is 0.272 e. The van der Waals surface area contributed by atoms with Crippen molar-refractivity contribution in [2.24, 2.45) is 0 Å². The predicted octanol–water partition coefficient (Wildman–Crippen LogP) is 3.67. The fourth-order valence-corrected chi connectivity index (χ4v) is 2.77. The van der Waals surface area contributed by atoms with E-state index in [-0.39, 0.29) is 5.69 Å². The highest BCUT2D eigenvalue weighted by molar-refractivity contribution is 6.67. The lowest BCUT2D eigenvalue weighted by Gasteiger charge is -2.15. The Balaban J connectivity index is 2.14. The number of nitrogens with zero attached hydrogens (tertiary/aromatic N) is 2. The van der Waals surface area contributed by atoms with Crippen LogP contribution in [0.25, 0.3) is 5.70 Å². The monoisotopic (exact) mass is 344 g/mol. The molecule has 0 amide bonds. The number of aryl methyl sites for hydroxylation is 1. The molecule has 0 atom stereocenters. The number of hydrogen-bond donors (Lipinski definition) is 0. The van der Waals surface area contributed by atoms with Crippen LogP contribution in [0.15, 0.2) is 42.5 Å². The van der Waals surface area contributed by atoms with Crippen molar-refractivity contribution in [2.75, 3.05) is 14.2 Å². The van der Waals surface area contributed by atoms with Crippen LogP contribution in [-0.4, -0.2) is 29.2 Å². The van der Waals surface area contributed by atoms with Gasteiger partial charge in [-0.1, -0.05) is 12.2 Å². The lowest BCUT2D eigenvalue weighted by Crippen LogP contribution is -2.07. The number of ether oxygens (including phenoxy) is 2. The molecule has 0 N–H and O–H groups in total. The molecule has 0 fully saturated rings. The van der Waals surface area contributed by atoms with Gasteiger partial charge in [0.05, 0.1) is 19.9 Å². The highest BCUT2D eigenvalue weighted by atomic mass is 35.5. The molecular formula is C18H17ClN2O3. The number of aromatic nitrogens is 2. The van der Waals surface area contributed by atoms with Crippen molar-refractivity contribution >= 4 is 22.5 Å². The van der Waals surface area contributed by atoms with Crippen LogP contribution in [0.3, 0.4) is 0 Å². The van der Waals surface area contributed by atoms with E-state index in [0.717, 1.165) is 29.8 Å². The standard InChI is InChI=1S/C18H17ClN2O3/c1-23-16-9-8-12(10-17(16)24-2)15-7-5-3-4-6-13-11-14(18(19)22)20-21(13)15/h3,5,7-11H,4,6H2,1-2H3/b5-3-,15-7-. The normalized spacial score (nSPS) is 17.0. The van der Waals surface area contributed by atoms with Gasteiger partial charge in [0.25, 0.3) is 5.24 Å². The lowest BCUT2D eigenvalue weighted by molar-refractivity contribution is 0.107. The highest BCUT2D eigenvalue weighted by Crippen LogP contribution is 2.32. The molecule has 6 heteroatoms. The molecule has 0 unspecified atom stereocenters. The second-order valence-electron chi connectivity index (χ2n) is 5.29. The highest BCUT2D eigenvalue weighted by Gasteiger charge is 2.18. The molecule has 1 aromatic heterocycles. The summed E-state index contributed by atoms with van der Waals surface area (Å²) in [7, 11) is 3.19. The van der Waals surface area contributed by atoms with Gasteiger partial charge in [-0.05, 0) is 54.8 Å². The maximum absolute atomic E-state index is 11.5. The minimum absolute atomic E-state index is 0.250. The molecule has 0 aliphatic carbocycles. The van der Waals surface area contributed by atoms with E-state index in [0.29, 0.717) is 11.5 Å². The largest absolute Gasteiger partial charge is 0.493 e. The van der Waals surface area contributed by atoms with E-state index < -0.39 is 5.24 Å². The van der Waals surface area contributed by atoms with Crippen molar-refractivity contribution in [3.63, 3.8) is 0 Å². The van der Waals surface area contributed by atoms with E-state index in [2.05, 4.69) is 11.2 Å². The summed E-state index contributed by atoms with van der Waals surface area (Å²) in [6.45, 7) is 0. The topological polar surface area (TPSA) is 53.3 Å². The Kier molecular flexibility index (Phi) is 4.71. The van der Waals surface area contributed by atoms with Gasteiger partial charge in [-0.25, -0.2) is 4.68 Å². The molecule has 0 bridgehead atoms. The van der Waals surface area contributed by atoms with Crippen LogP contribution in [0.5, 0.6) is 11.5 Å². The molecule has 24 heavy (non-hydrogen) atoms. The van der Waals surface area contributed by atoms with E-state index in [1.54, 1.807) is 25.0 Å². The van der Waals surface area contributed by atoms with E-state index in [1.807, 2.05) is 30.4 Å². The van der Waals surface area contributed by atoms with Crippen molar-refractivity contribution < 1.29 is 14.3 Å². The van der Waals surface area contributed by atoms with Crippen LogP contribution in [0, 0.1) is 0 Å². The van der Waals surface area contributed by atoms with Crippen LogP contribution in [0.1, 0.15) is 28.2 Å². The lowest BCUT2D eigenvalue weighted by atomic mass is 10.1. The average molecular weight is 345 g/mol. The summed E-state index contributed by atoms with van der Waals surface area (Å²) in [6.07, 6.45) is 7.67. The van der Waals surface area contributed by atoms with Crippen molar-refractivity contribution in [1.29, 1.82) is 0 Å². The van der Waals surface area contributed by atoms with Crippen LogP contribution >= 0.6 is 11.6 Å². The first-order chi connectivity index (χ1) is 11.6. The molecule has 3 rings (SSSR count). The van der Waals surface area contributed by atoms with Gasteiger partial charge in [0.15, 0.2) is 11.5 Å². The van der Waals surface area contributed by atoms with Gasteiger partial charge < -0.3 is 9.47 Å². The molecule has 1 aliphatic heterocycles. The molecule has 124 valence electrons. The molecule has 1 aromatic carbocycles. The smallest absolute Gasteiger partial charge is 0.272 e. The van der Waals surface area contributed by atoms with E-state index in [9.17, 15) is 4.79 Å². The zero-order valence-electron chi connectivity index (χ0n) is 13.5. The summed E-state index contributed by atoms with van der Waals surface area (Å²) in [5, 5.41) is 3.81. The molecule has 0 saturated carbocycles. The first-order valence-corrected chi connectivity index (χ1v) is 7.90. The summed E-state index contributed by atoms with van der Waals surface area (Å²) in [5.74, 6) is 1.28. The molecule has 0 spiro atoms. The van der Waals surface area contributed by atoms with Gasteiger partial charge in [-0.15, -0.1) is 0 Å². The van der Waals surface area contributed by atoms with Gasteiger partial charge >= 0.3 is 0 Å². The third-order valence-corrected chi connectivity index (χ3v) is 4.04. The zero-order chi connectivity index (χ0) is 17.1. The number of methoxy groups -OCH3 is 2. The summed E-state index contributed by atoms with van der Waals surface area (Å²) < 4.78 is 12.4. The summed E-state index contributed by atoms with van der Waals surface area (Å²) >= 11 is 5.60. The Morgan fingerprint density at radius 1 is 1.21 bits per heavy atom.